The zero-order valence-corrected chi connectivity index (χ0v) is 33.5. The van der Waals surface area contributed by atoms with E-state index in [9.17, 15) is 20.1 Å². The molecule has 0 aliphatic carbocycles. The normalized spacial score (nSPS) is 13.8. The fourth-order valence-corrected chi connectivity index (χ4v) is 6.81. The van der Waals surface area contributed by atoms with Gasteiger partial charge in [0.1, 0.15) is 6.10 Å². The van der Waals surface area contributed by atoms with Crippen LogP contribution in [0.1, 0.15) is 232 Å². The van der Waals surface area contributed by atoms with Crippen LogP contribution in [0.25, 0.3) is 0 Å². The molecule has 0 aromatic carbocycles. The van der Waals surface area contributed by atoms with Gasteiger partial charge in [-0.2, -0.15) is 0 Å². The molecule has 50 heavy (non-hydrogen) atoms. The Hall–Kier alpha value is -1.17. The van der Waals surface area contributed by atoms with Crippen LogP contribution in [0.15, 0.2) is 24.3 Å². The van der Waals surface area contributed by atoms with Crippen molar-refractivity contribution in [2.45, 2.75) is 250 Å². The van der Waals surface area contributed by atoms with Gasteiger partial charge in [0.15, 0.2) is 0 Å². The van der Waals surface area contributed by atoms with Crippen LogP contribution in [0.5, 0.6) is 0 Å². The average molecular weight is 706 g/mol. The molecule has 0 saturated carbocycles. The van der Waals surface area contributed by atoms with E-state index in [1.165, 1.54) is 167 Å². The lowest BCUT2D eigenvalue weighted by atomic mass is 10.0. The highest BCUT2D eigenvalue weighted by molar-refractivity contribution is 5.80. The summed E-state index contributed by atoms with van der Waals surface area (Å²) in [4.78, 5) is 12.4. The van der Waals surface area contributed by atoms with Gasteiger partial charge < -0.3 is 20.6 Å². The van der Waals surface area contributed by atoms with Crippen molar-refractivity contribution in [2.24, 2.45) is 0 Å². The van der Waals surface area contributed by atoms with Crippen LogP contribution in [-0.2, 0) is 4.79 Å². The summed E-state index contributed by atoms with van der Waals surface area (Å²) >= 11 is 0. The quantitative estimate of drug-likeness (QED) is 0.0377. The maximum atomic E-state index is 12.4. The minimum Gasteiger partial charge on any atom is -0.394 e. The Balaban J connectivity index is 3.57. The first-order valence-electron chi connectivity index (χ1n) is 22.1. The third-order valence-corrected chi connectivity index (χ3v) is 10.3. The topological polar surface area (TPSA) is 89.8 Å². The predicted molar refractivity (Wildman–Crippen MR) is 218 cm³/mol. The molecular formula is C45H87NO4. The number of nitrogens with one attached hydrogen (secondary N) is 1. The van der Waals surface area contributed by atoms with E-state index in [0.717, 1.165) is 38.5 Å². The molecule has 0 saturated heterocycles. The molecule has 0 radical (unpaired) electrons. The summed E-state index contributed by atoms with van der Waals surface area (Å²) in [6, 6.07) is -0.710. The van der Waals surface area contributed by atoms with E-state index in [1.807, 2.05) is 0 Å². The average Bonchev–Trinajstić information content (AvgIpc) is 3.12. The number of aliphatic hydroxyl groups excluding tert-OH is 3. The molecule has 4 N–H and O–H groups in total. The molecule has 0 aliphatic heterocycles. The van der Waals surface area contributed by atoms with Crippen molar-refractivity contribution in [3.8, 4) is 0 Å². The lowest BCUT2D eigenvalue weighted by Crippen LogP contribution is -2.49. The van der Waals surface area contributed by atoms with Crippen molar-refractivity contribution in [3.63, 3.8) is 0 Å². The Labute approximate surface area is 312 Å². The van der Waals surface area contributed by atoms with Gasteiger partial charge in [-0.25, -0.2) is 0 Å². The number of unbranched alkanes of at least 4 members (excludes halogenated alkanes) is 28. The first-order valence-corrected chi connectivity index (χ1v) is 22.1. The summed E-state index contributed by atoms with van der Waals surface area (Å²) in [5.41, 5.74) is 0. The Morgan fingerprint density at radius 2 is 0.820 bits per heavy atom. The fourth-order valence-electron chi connectivity index (χ4n) is 6.81. The van der Waals surface area contributed by atoms with E-state index in [2.05, 4.69) is 43.5 Å². The Bertz CT molecular complexity index is 739. The SMILES string of the molecule is CCCCCCCCCCC/C=C\C/C=C\CCCCCCCCCCCCC(O)C(=O)NC(CO)C(O)CCCCCCCCCCCC. The molecule has 0 rings (SSSR count). The molecule has 0 bridgehead atoms. The van der Waals surface area contributed by atoms with Gasteiger partial charge in [0.2, 0.25) is 5.91 Å². The number of aliphatic hydroxyl groups is 3. The largest absolute Gasteiger partial charge is 0.394 e. The fraction of sp³-hybridized carbons (Fsp3) is 0.889. The van der Waals surface area contributed by atoms with Crippen molar-refractivity contribution >= 4 is 5.91 Å². The third-order valence-electron chi connectivity index (χ3n) is 10.3. The second-order valence-electron chi connectivity index (χ2n) is 15.3. The number of allylic oxidation sites excluding steroid dienone is 4. The highest BCUT2D eigenvalue weighted by Gasteiger charge is 2.23. The monoisotopic (exact) mass is 706 g/mol. The standard InChI is InChI=1S/C45H87NO4/c1-3-5-7-9-11-13-15-16-17-18-19-20-21-22-23-24-25-26-27-28-29-30-32-34-36-38-40-44(49)45(50)46-42(41-47)43(48)39-37-35-33-31-14-12-10-8-6-4-2/h19-20,22-23,42-44,47-49H,3-18,21,24-41H2,1-2H3,(H,46,50)/b20-19-,23-22-. The zero-order valence-electron chi connectivity index (χ0n) is 33.5. The van der Waals surface area contributed by atoms with Crippen LogP contribution >= 0.6 is 0 Å². The van der Waals surface area contributed by atoms with Crippen molar-refractivity contribution < 1.29 is 20.1 Å². The van der Waals surface area contributed by atoms with Gasteiger partial charge in [0.25, 0.3) is 0 Å². The second kappa shape index (κ2) is 40.6. The maximum absolute atomic E-state index is 12.4. The highest BCUT2D eigenvalue weighted by Crippen LogP contribution is 2.15. The third kappa shape index (κ3) is 35.2. The van der Waals surface area contributed by atoms with Crippen molar-refractivity contribution in [3.05, 3.63) is 24.3 Å². The highest BCUT2D eigenvalue weighted by atomic mass is 16.3. The van der Waals surface area contributed by atoms with Crippen LogP contribution in [-0.4, -0.2) is 46.1 Å². The summed E-state index contributed by atoms with van der Waals surface area (Å²) in [6.07, 6.45) is 49.0. The number of hydrogen-bond acceptors (Lipinski definition) is 4. The molecule has 0 aromatic rings. The van der Waals surface area contributed by atoms with Crippen LogP contribution in [0.3, 0.4) is 0 Å². The van der Waals surface area contributed by atoms with Gasteiger partial charge in [-0.15, -0.1) is 0 Å². The van der Waals surface area contributed by atoms with E-state index in [4.69, 9.17) is 0 Å². The van der Waals surface area contributed by atoms with Gasteiger partial charge in [-0.05, 0) is 44.9 Å². The van der Waals surface area contributed by atoms with Gasteiger partial charge in [0.05, 0.1) is 18.8 Å². The number of hydrogen-bond donors (Lipinski definition) is 4. The van der Waals surface area contributed by atoms with Crippen LogP contribution in [0, 0.1) is 0 Å². The summed E-state index contributed by atoms with van der Waals surface area (Å²) < 4.78 is 0. The Kier molecular flexibility index (Phi) is 39.6. The minimum atomic E-state index is -1.07. The van der Waals surface area contributed by atoms with E-state index in [-0.39, 0.29) is 6.61 Å². The summed E-state index contributed by atoms with van der Waals surface area (Å²) in [5, 5.41) is 33.2. The van der Waals surface area contributed by atoms with Crippen molar-refractivity contribution in [1.29, 1.82) is 0 Å². The number of amides is 1. The molecule has 5 heteroatoms. The molecule has 0 fully saturated rings. The molecule has 0 aromatic heterocycles. The smallest absolute Gasteiger partial charge is 0.249 e. The predicted octanol–water partition coefficient (Wildman–Crippen LogP) is 12.6. The van der Waals surface area contributed by atoms with E-state index in [1.54, 1.807) is 0 Å². The maximum Gasteiger partial charge on any atom is 0.249 e. The number of carbonyl (C=O) groups excluding carboxylic acids is 1. The second-order valence-corrected chi connectivity index (χ2v) is 15.3. The Morgan fingerprint density at radius 1 is 0.480 bits per heavy atom. The lowest BCUT2D eigenvalue weighted by molar-refractivity contribution is -0.131. The van der Waals surface area contributed by atoms with Crippen LogP contribution in [0.4, 0.5) is 0 Å². The molecule has 1 amide bonds. The first kappa shape index (κ1) is 48.8. The molecule has 296 valence electrons. The van der Waals surface area contributed by atoms with Gasteiger partial charge in [0, 0.05) is 0 Å². The Morgan fingerprint density at radius 3 is 1.20 bits per heavy atom. The van der Waals surface area contributed by atoms with E-state index < -0.39 is 24.2 Å². The van der Waals surface area contributed by atoms with Crippen LogP contribution in [0.2, 0.25) is 0 Å². The zero-order chi connectivity index (χ0) is 36.6. The number of carbonyl (C=O) groups is 1. The van der Waals surface area contributed by atoms with E-state index >= 15 is 0 Å². The summed E-state index contributed by atoms with van der Waals surface area (Å²) in [7, 11) is 0. The van der Waals surface area contributed by atoms with E-state index in [0.29, 0.717) is 12.8 Å². The minimum absolute atomic E-state index is 0.314. The van der Waals surface area contributed by atoms with Crippen molar-refractivity contribution in [2.75, 3.05) is 6.61 Å². The molecule has 5 nitrogen and oxygen atoms in total. The van der Waals surface area contributed by atoms with Gasteiger partial charge >= 0.3 is 0 Å². The van der Waals surface area contributed by atoms with Gasteiger partial charge in [-0.1, -0.05) is 212 Å². The summed E-state index contributed by atoms with van der Waals surface area (Å²) in [6.45, 7) is 4.21. The molecule has 3 unspecified atom stereocenters. The van der Waals surface area contributed by atoms with Crippen LogP contribution < -0.4 is 5.32 Å². The number of rotatable bonds is 40. The first-order chi connectivity index (χ1) is 24.6. The summed E-state index contributed by atoms with van der Waals surface area (Å²) in [5.74, 6) is -0.474. The molecule has 3 atom stereocenters. The molecular weight excluding hydrogens is 618 g/mol. The molecule has 0 aliphatic rings. The lowest BCUT2D eigenvalue weighted by Gasteiger charge is -2.23. The van der Waals surface area contributed by atoms with Crippen molar-refractivity contribution in [1.82, 2.24) is 5.32 Å². The van der Waals surface area contributed by atoms with Gasteiger partial charge in [-0.3, -0.25) is 4.79 Å². The molecule has 0 spiro atoms. The molecule has 0 heterocycles.